The van der Waals surface area contributed by atoms with E-state index in [2.05, 4.69) is 20.5 Å². The number of hydrogen-bond acceptors (Lipinski definition) is 3. The van der Waals surface area contributed by atoms with Gasteiger partial charge in [0.25, 0.3) is 0 Å². The normalized spacial score (nSPS) is 18.4. The Balaban J connectivity index is 2.05. The average molecular weight is 304 g/mol. The average Bonchev–Trinajstić information content (AvgIpc) is 2.89. The highest BCUT2D eigenvalue weighted by Crippen LogP contribution is 2.13. The van der Waals surface area contributed by atoms with Gasteiger partial charge in [0.1, 0.15) is 0 Å². The number of benzene rings is 1. The van der Waals surface area contributed by atoms with Crippen LogP contribution in [-0.4, -0.2) is 47.6 Å². The molecular formula is C16H24N4O2. The van der Waals surface area contributed by atoms with Crippen LogP contribution in [0.15, 0.2) is 29.3 Å². The quantitative estimate of drug-likeness (QED) is 0.576. The van der Waals surface area contributed by atoms with E-state index in [1.807, 2.05) is 31.2 Å². The molecule has 0 radical (unpaired) electrons. The molecule has 22 heavy (non-hydrogen) atoms. The number of anilines is 1. The number of rotatable bonds is 4. The smallest absolute Gasteiger partial charge is 0.221 e. The van der Waals surface area contributed by atoms with Crippen LogP contribution in [0.2, 0.25) is 0 Å². The first kappa shape index (κ1) is 16.3. The summed E-state index contributed by atoms with van der Waals surface area (Å²) in [5.41, 5.74) is 1.81. The van der Waals surface area contributed by atoms with Crippen LogP contribution in [0, 0.1) is 0 Å². The topological polar surface area (TPSA) is 77.0 Å². The number of carbonyl (C=O) groups is 1. The number of aliphatic hydroxyl groups is 1. The highest BCUT2D eigenvalue weighted by molar-refractivity contribution is 5.88. The zero-order valence-electron chi connectivity index (χ0n) is 13.2. The monoisotopic (exact) mass is 304 g/mol. The van der Waals surface area contributed by atoms with E-state index >= 15 is 0 Å². The second-order valence-electron chi connectivity index (χ2n) is 5.44. The summed E-state index contributed by atoms with van der Waals surface area (Å²) >= 11 is 0. The van der Waals surface area contributed by atoms with Gasteiger partial charge in [0, 0.05) is 32.2 Å². The van der Waals surface area contributed by atoms with Crippen LogP contribution in [-0.2, 0) is 11.3 Å². The molecule has 0 spiro atoms. The Hall–Kier alpha value is -2.08. The molecule has 0 bridgehead atoms. The summed E-state index contributed by atoms with van der Waals surface area (Å²) in [6, 6.07) is 7.67. The van der Waals surface area contributed by atoms with Crippen molar-refractivity contribution in [1.29, 1.82) is 0 Å². The van der Waals surface area contributed by atoms with Crippen molar-refractivity contribution in [3.63, 3.8) is 0 Å². The van der Waals surface area contributed by atoms with Gasteiger partial charge in [0.15, 0.2) is 5.96 Å². The lowest BCUT2D eigenvalue weighted by Crippen LogP contribution is -2.40. The summed E-state index contributed by atoms with van der Waals surface area (Å²) in [5, 5.41) is 15.7. The molecule has 1 heterocycles. The van der Waals surface area contributed by atoms with Gasteiger partial charge >= 0.3 is 0 Å². The number of aliphatic imine (C=N–C) groups is 1. The largest absolute Gasteiger partial charge is 0.391 e. The molecule has 1 saturated heterocycles. The van der Waals surface area contributed by atoms with Crippen molar-refractivity contribution in [2.45, 2.75) is 32.9 Å². The van der Waals surface area contributed by atoms with E-state index in [9.17, 15) is 9.90 Å². The van der Waals surface area contributed by atoms with Gasteiger partial charge < -0.3 is 20.6 Å². The molecule has 0 unspecified atom stereocenters. The third-order valence-electron chi connectivity index (χ3n) is 3.46. The molecule has 0 saturated carbocycles. The van der Waals surface area contributed by atoms with E-state index in [1.165, 1.54) is 6.92 Å². The van der Waals surface area contributed by atoms with Crippen LogP contribution in [0.4, 0.5) is 5.69 Å². The minimum absolute atomic E-state index is 0.0833. The van der Waals surface area contributed by atoms with Crippen molar-refractivity contribution >= 4 is 17.6 Å². The van der Waals surface area contributed by atoms with Gasteiger partial charge in [0.2, 0.25) is 5.91 Å². The second-order valence-corrected chi connectivity index (χ2v) is 5.44. The molecular weight excluding hydrogens is 280 g/mol. The van der Waals surface area contributed by atoms with Crippen molar-refractivity contribution in [3.8, 4) is 0 Å². The first-order valence-corrected chi connectivity index (χ1v) is 7.66. The zero-order valence-corrected chi connectivity index (χ0v) is 13.2. The van der Waals surface area contributed by atoms with Gasteiger partial charge in [-0.2, -0.15) is 0 Å². The Morgan fingerprint density at radius 2 is 2.32 bits per heavy atom. The van der Waals surface area contributed by atoms with Gasteiger partial charge in [-0.05, 0) is 31.0 Å². The van der Waals surface area contributed by atoms with Crippen molar-refractivity contribution in [2.75, 3.05) is 25.0 Å². The Kier molecular flexibility index (Phi) is 5.77. The van der Waals surface area contributed by atoms with Crippen LogP contribution in [0.1, 0.15) is 25.8 Å². The number of nitrogens with one attached hydrogen (secondary N) is 2. The highest BCUT2D eigenvalue weighted by atomic mass is 16.3. The minimum atomic E-state index is -0.271. The SMILES string of the molecule is CCNC(=NCc1cccc(NC(C)=O)c1)N1CC[C@@H](O)C1. The van der Waals surface area contributed by atoms with Crippen LogP contribution < -0.4 is 10.6 Å². The molecule has 1 aromatic carbocycles. The maximum absolute atomic E-state index is 11.1. The first-order valence-electron chi connectivity index (χ1n) is 7.66. The maximum Gasteiger partial charge on any atom is 0.221 e. The predicted molar refractivity (Wildman–Crippen MR) is 87.8 cm³/mol. The Morgan fingerprint density at radius 1 is 1.50 bits per heavy atom. The number of nitrogens with zero attached hydrogens (tertiary/aromatic N) is 2. The maximum atomic E-state index is 11.1. The summed E-state index contributed by atoms with van der Waals surface area (Å²) in [7, 11) is 0. The molecule has 3 N–H and O–H groups in total. The van der Waals surface area contributed by atoms with Gasteiger partial charge in [-0.15, -0.1) is 0 Å². The lowest BCUT2D eigenvalue weighted by Gasteiger charge is -2.21. The molecule has 6 heteroatoms. The summed E-state index contributed by atoms with van der Waals surface area (Å²) < 4.78 is 0. The summed E-state index contributed by atoms with van der Waals surface area (Å²) in [4.78, 5) is 17.8. The third-order valence-corrected chi connectivity index (χ3v) is 3.46. The number of likely N-dealkylation sites (tertiary alicyclic amines) is 1. The third kappa shape index (κ3) is 4.73. The van der Waals surface area contributed by atoms with E-state index < -0.39 is 0 Å². The summed E-state index contributed by atoms with van der Waals surface area (Å²) in [5.74, 6) is 0.740. The summed E-state index contributed by atoms with van der Waals surface area (Å²) in [6.45, 7) is 6.28. The molecule has 0 aromatic heterocycles. The number of carbonyl (C=O) groups excluding carboxylic acids is 1. The van der Waals surface area contributed by atoms with E-state index in [1.54, 1.807) is 0 Å². The van der Waals surface area contributed by atoms with Crippen LogP contribution in [0.25, 0.3) is 0 Å². The molecule has 1 aromatic rings. The molecule has 1 aliphatic heterocycles. The fourth-order valence-electron chi connectivity index (χ4n) is 2.48. The van der Waals surface area contributed by atoms with Crippen LogP contribution in [0.3, 0.4) is 0 Å². The summed E-state index contributed by atoms with van der Waals surface area (Å²) in [6.07, 6.45) is 0.509. The molecule has 1 aliphatic rings. The fourth-order valence-corrected chi connectivity index (χ4v) is 2.48. The number of aliphatic hydroxyl groups excluding tert-OH is 1. The molecule has 1 fully saturated rings. The lowest BCUT2D eigenvalue weighted by atomic mass is 10.2. The molecule has 1 atom stereocenters. The number of hydrogen-bond donors (Lipinski definition) is 3. The van der Waals surface area contributed by atoms with Crippen LogP contribution in [0.5, 0.6) is 0 Å². The van der Waals surface area contributed by atoms with Crippen molar-refractivity contribution in [3.05, 3.63) is 29.8 Å². The van der Waals surface area contributed by atoms with E-state index in [4.69, 9.17) is 0 Å². The Labute approximate surface area is 131 Å². The van der Waals surface area contributed by atoms with E-state index in [0.717, 1.165) is 36.7 Å². The molecule has 0 aliphatic carbocycles. The molecule has 2 rings (SSSR count). The van der Waals surface area contributed by atoms with Crippen molar-refractivity contribution < 1.29 is 9.90 Å². The van der Waals surface area contributed by atoms with Crippen molar-refractivity contribution in [2.24, 2.45) is 4.99 Å². The molecule has 1 amide bonds. The van der Waals surface area contributed by atoms with Crippen molar-refractivity contribution in [1.82, 2.24) is 10.2 Å². The predicted octanol–water partition coefficient (Wildman–Crippen LogP) is 1.18. The second kappa shape index (κ2) is 7.79. The number of guanidine groups is 1. The van der Waals surface area contributed by atoms with Gasteiger partial charge in [-0.1, -0.05) is 12.1 Å². The lowest BCUT2D eigenvalue weighted by molar-refractivity contribution is -0.114. The van der Waals surface area contributed by atoms with E-state index in [0.29, 0.717) is 13.1 Å². The van der Waals surface area contributed by atoms with Gasteiger partial charge in [0.05, 0.1) is 12.6 Å². The fraction of sp³-hybridized carbons (Fsp3) is 0.500. The molecule has 6 nitrogen and oxygen atoms in total. The Morgan fingerprint density at radius 3 is 2.95 bits per heavy atom. The number of β-amino-alcohol motifs (C(OH)–C–C–N with tert-alkyl or cyclic N) is 1. The zero-order chi connectivity index (χ0) is 15.9. The van der Waals surface area contributed by atoms with Gasteiger partial charge in [-0.25, -0.2) is 4.99 Å². The Bertz CT molecular complexity index is 545. The van der Waals surface area contributed by atoms with E-state index in [-0.39, 0.29) is 12.0 Å². The standard InChI is InChI=1S/C16H24N4O2/c1-3-17-16(20-8-7-15(22)11-20)18-10-13-5-4-6-14(9-13)19-12(2)21/h4-6,9,15,22H,3,7-8,10-11H2,1-2H3,(H,17,18)(H,19,21)/t15-/m1/s1. The molecule has 120 valence electrons. The first-order chi connectivity index (χ1) is 10.6. The van der Waals surface area contributed by atoms with Gasteiger partial charge in [-0.3, -0.25) is 4.79 Å². The van der Waals surface area contributed by atoms with Crippen LogP contribution >= 0.6 is 0 Å². The highest BCUT2D eigenvalue weighted by Gasteiger charge is 2.22. The minimum Gasteiger partial charge on any atom is -0.391 e. The number of amides is 1.